The fourth-order valence-corrected chi connectivity index (χ4v) is 4.70. The molecule has 0 saturated heterocycles. The van der Waals surface area contributed by atoms with E-state index >= 15 is 0 Å². The van der Waals surface area contributed by atoms with Crippen molar-refractivity contribution in [3.63, 3.8) is 0 Å². The third-order valence-electron chi connectivity index (χ3n) is 3.79. The normalized spacial score (nSPS) is 10.2. The molecule has 0 fully saturated rings. The molecule has 0 N–H and O–H groups in total. The Kier molecular flexibility index (Phi) is 6.00. The van der Waals surface area contributed by atoms with Crippen molar-refractivity contribution in [1.29, 1.82) is 0 Å². The van der Waals surface area contributed by atoms with Crippen LogP contribution in [0.25, 0.3) is 0 Å². The molecule has 0 aromatic heterocycles. The van der Waals surface area contributed by atoms with E-state index in [0.717, 1.165) is 4.90 Å². The van der Waals surface area contributed by atoms with Crippen molar-refractivity contribution in [1.82, 2.24) is 0 Å². The van der Waals surface area contributed by atoms with Gasteiger partial charge in [0, 0.05) is 6.07 Å². The standard InChI is InChI=1S/C24H17O2S/c1-3-20(4-2)26-24(25)19-12-11-17-23(18-19)27(21-13-7-5-8-14-21)22-15-9-6-10-16-22/h1-2,5-18,20H/q+1. The highest BCUT2D eigenvalue weighted by atomic mass is 32.2. The van der Waals surface area contributed by atoms with Gasteiger partial charge in [0.05, 0.1) is 16.5 Å². The van der Waals surface area contributed by atoms with Crippen LogP contribution in [0.2, 0.25) is 0 Å². The van der Waals surface area contributed by atoms with Gasteiger partial charge in [0.2, 0.25) is 6.10 Å². The Balaban J connectivity index is 2.01. The predicted octanol–water partition coefficient (Wildman–Crippen LogP) is 4.57. The van der Waals surface area contributed by atoms with Crippen LogP contribution in [-0.4, -0.2) is 12.1 Å². The van der Waals surface area contributed by atoms with E-state index < -0.39 is 12.1 Å². The van der Waals surface area contributed by atoms with Crippen molar-refractivity contribution in [2.75, 3.05) is 0 Å². The number of carbonyl (C=O) groups excluding carboxylic acids is 1. The van der Waals surface area contributed by atoms with Crippen molar-refractivity contribution >= 4 is 16.9 Å². The monoisotopic (exact) mass is 369 g/mol. The number of rotatable bonds is 5. The number of terminal acetylenes is 2. The number of esters is 1. The molecule has 0 heterocycles. The van der Waals surface area contributed by atoms with E-state index in [-0.39, 0.29) is 10.9 Å². The molecule has 0 amide bonds. The Morgan fingerprint density at radius 1 is 0.778 bits per heavy atom. The van der Waals surface area contributed by atoms with Crippen molar-refractivity contribution in [2.24, 2.45) is 0 Å². The van der Waals surface area contributed by atoms with Gasteiger partial charge in [-0.1, -0.05) is 42.5 Å². The topological polar surface area (TPSA) is 26.3 Å². The lowest BCUT2D eigenvalue weighted by Gasteiger charge is -2.10. The average Bonchev–Trinajstić information content (AvgIpc) is 2.74. The number of hydrogen-bond donors (Lipinski definition) is 0. The minimum atomic E-state index is -0.970. The number of benzene rings is 3. The highest BCUT2D eigenvalue weighted by Gasteiger charge is 2.29. The molecule has 3 heteroatoms. The molecule has 3 aromatic carbocycles. The van der Waals surface area contributed by atoms with Gasteiger partial charge in [-0.2, -0.15) is 0 Å². The minimum absolute atomic E-state index is 0.346. The van der Waals surface area contributed by atoms with Gasteiger partial charge in [-0.15, -0.1) is 12.8 Å². The van der Waals surface area contributed by atoms with E-state index in [1.54, 1.807) is 6.07 Å². The van der Waals surface area contributed by atoms with Gasteiger partial charge >= 0.3 is 5.97 Å². The highest BCUT2D eigenvalue weighted by Crippen LogP contribution is 2.31. The maximum atomic E-state index is 12.4. The van der Waals surface area contributed by atoms with Gasteiger partial charge in [-0.25, -0.2) is 4.79 Å². The smallest absolute Gasteiger partial charge is 0.340 e. The van der Waals surface area contributed by atoms with E-state index in [0.29, 0.717) is 5.56 Å². The summed E-state index contributed by atoms with van der Waals surface area (Å²) in [5.41, 5.74) is 0.423. The lowest BCUT2D eigenvalue weighted by molar-refractivity contribution is 0.0486. The summed E-state index contributed by atoms with van der Waals surface area (Å²) in [6, 6.07) is 27.8. The van der Waals surface area contributed by atoms with Gasteiger partial charge in [0.25, 0.3) is 0 Å². The molecular formula is C24H17O2S+. The van der Waals surface area contributed by atoms with Crippen LogP contribution in [0.3, 0.4) is 0 Å². The quantitative estimate of drug-likeness (QED) is 0.374. The Morgan fingerprint density at radius 2 is 1.30 bits per heavy atom. The van der Waals surface area contributed by atoms with Crippen LogP contribution >= 0.6 is 0 Å². The van der Waals surface area contributed by atoms with E-state index in [2.05, 4.69) is 36.1 Å². The Bertz CT molecular complexity index is 944. The Hall–Kier alpha value is -3.40. The fraction of sp³-hybridized carbons (Fsp3) is 0.0417. The second-order valence-corrected chi connectivity index (χ2v) is 7.61. The second-order valence-electron chi connectivity index (χ2n) is 5.58. The molecule has 0 bridgehead atoms. The average molecular weight is 369 g/mol. The van der Waals surface area contributed by atoms with E-state index in [9.17, 15) is 4.79 Å². The molecular weight excluding hydrogens is 352 g/mol. The summed E-state index contributed by atoms with van der Waals surface area (Å²) in [6.45, 7) is 0. The van der Waals surface area contributed by atoms with Crippen molar-refractivity contribution in [2.45, 2.75) is 20.8 Å². The number of ether oxygens (including phenoxy) is 1. The molecule has 0 atom stereocenters. The van der Waals surface area contributed by atoms with Gasteiger partial charge in [-0.05, 0) is 48.2 Å². The van der Waals surface area contributed by atoms with Crippen LogP contribution in [-0.2, 0) is 15.6 Å². The fourth-order valence-electron chi connectivity index (χ4n) is 2.56. The predicted molar refractivity (Wildman–Crippen MR) is 108 cm³/mol. The first-order valence-corrected chi connectivity index (χ1v) is 9.53. The molecule has 2 nitrogen and oxygen atoms in total. The van der Waals surface area contributed by atoms with Crippen LogP contribution in [0, 0.1) is 24.7 Å². The highest BCUT2D eigenvalue weighted by molar-refractivity contribution is 7.97. The third kappa shape index (κ3) is 4.42. The van der Waals surface area contributed by atoms with Crippen LogP contribution in [0.4, 0.5) is 0 Å². The summed E-state index contributed by atoms with van der Waals surface area (Å²) < 4.78 is 5.17. The van der Waals surface area contributed by atoms with Gasteiger partial charge in [0.1, 0.15) is 0 Å². The molecule has 0 unspecified atom stereocenters. The maximum absolute atomic E-state index is 12.4. The molecule has 0 spiro atoms. The Labute approximate surface area is 162 Å². The molecule has 130 valence electrons. The van der Waals surface area contributed by atoms with Gasteiger partial charge < -0.3 is 4.74 Å². The lowest BCUT2D eigenvalue weighted by atomic mass is 10.2. The van der Waals surface area contributed by atoms with Crippen LogP contribution in [0.1, 0.15) is 10.4 Å². The number of carbonyl (C=O) groups is 1. The molecule has 0 aliphatic carbocycles. The van der Waals surface area contributed by atoms with E-state index in [1.165, 1.54) is 9.79 Å². The molecule has 3 rings (SSSR count). The molecule has 0 aliphatic rings. The van der Waals surface area contributed by atoms with Crippen molar-refractivity contribution < 1.29 is 9.53 Å². The minimum Gasteiger partial charge on any atom is -0.433 e. The zero-order valence-corrected chi connectivity index (χ0v) is 15.4. The zero-order chi connectivity index (χ0) is 19.1. The maximum Gasteiger partial charge on any atom is 0.340 e. The summed E-state index contributed by atoms with van der Waals surface area (Å²) in [6.07, 6.45) is 9.57. The summed E-state index contributed by atoms with van der Waals surface area (Å²) in [7, 11) is -0.346. The molecule has 3 aromatic rings. The first-order valence-electron chi connectivity index (χ1n) is 8.30. The SMILES string of the molecule is C#CC(C#C)OC(=O)c1cccc([S+](c2ccccc2)c2ccccc2)c1. The molecule has 0 aliphatic heterocycles. The van der Waals surface area contributed by atoms with Crippen LogP contribution in [0.5, 0.6) is 0 Å². The van der Waals surface area contributed by atoms with E-state index in [4.69, 9.17) is 17.6 Å². The van der Waals surface area contributed by atoms with Crippen molar-refractivity contribution in [3.8, 4) is 24.7 Å². The third-order valence-corrected chi connectivity index (χ3v) is 6.00. The first kappa shape index (κ1) is 18.4. The molecule has 0 saturated carbocycles. The van der Waals surface area contributed by atoms with Crippen LogP contribution < -0.4 is 0 Å². The summed E-state index contributed by atoms with van der Waals surface area (Å²) in [4.78, 5) is 15.8. The first-order chi connectivity index (χ1) is 13.2. The second kappa shape index (κ2) is 8.81. The van der Waals surface area contributed by atoms with Gasteiger partial charge in [0.15, 0.2) is 14.7 Å². The summed E-state index contributed by atoms with van der Waals surface area (Å²) in [5.74, 6) is 4.00. The lowest BCUT2D eigenvalue weighted by Crippen LogP contribution is -2.15. The van der Waals surface area contributed by atoms with Crippen molar-refractivity contribution in [3.05, 3.63) is 90.5 Å². The molecule has 0 radical (unpaired) electrons. The van der Waals surface area contributed by atoms with E-state index in [1.807, 2.05) is 54.6 Å². The largest absolute Gasteiger partial charge is 0.433 e. The summed E-state index contributed by atoms with van der Waals surface area (Å²) in [5, 5.41) is 0. The number of hydrogen-bond acceptors (Lipinski definition) is 2. The zero-order valence-electron chi connectivity index (χ0n) is 14.5. The summed E-state index contributed by atoms with van der Waals surface area (Å²) >= 11 is 0. The molecule has 27 heavy (non-hydrogen) atoms. The Morgan fingerprint density at radius 3 is 1.81 bits per heavy atom. The van der Waals surface area contributed by atoms with Gasteiger partial charge in [-0.3, -0.25) is 0 Å². The van der Waals surface area contributed by atoms with Crippen LogP contribution in [0.15, 0.2) is 99.6 Å².